The van der Waals surface area contributed by atoms with Gasteiger partial charge in [-0.05, 0) is 37.3 Å². The lowest BCUT2D eigenvalue weighted by Crippen LogP contribution is -2.30. The Hall–Kier alpha value is -0.610. The summed E-state index contributed by atoms with van der Waals surface area (Å²) < 4.78 is 0. The molecule has 3 nitrogen and oxygen atoms in total. The van der Waals surface area contributed by atoms with Gasteiger partial charge in [-0.1, -0.05) is 42.1 Å². The molecule has 0 aliphatic heterocycles. The molecule has 19 heavy (non-hydrogen) atoms. The Bertz CT molecular complexity index is 460. The lowest BCUT2D eigenvalue weighted by molar-refractivity contribution is 0.547. The molecule has 0 saturated carbocycles. The smallest absolute Gasteiger partial charge is 0.0856 e. The fourth-order valence-electron chi connectivity index (χ4n) is 2.48. The minimum atomic E-state index is -0.122. The zero-order valence-corrected chi connectivity index (χ0v) is 12.3. The second-order valence-corrected chi connectivity index (χ2v) is 5.70. The van der Waals surface area contributed by atoms with Gasteiger partial charge in [-0.2, -0.15) is 0 Å². The fourth-order valence-corrected chi connectivity index (χ4v) is 2.97. The summed E-state index contributed by atoms with van der Waals surface area (Å²) in [6, 6.07) is 1.59. The zero-order chi connectivity index (χ0) is 13.7. The molecule has 1 aromatic heterocycles. The minimum absolute atomic E-state index is 0.122. The molecule has 0 saturated heterocycles. The lowest BCUT2D eigenvalue weighted by Gasteiger charge is -2.22. The van der Waals surface area contributed by atoms with Crippen molar-refractivity contribution < 1.29 is 0 Å². The summed E-state index contributed by atoms with van der Waals surface area (Å²) in [7, 11) is 0. The number of hydrogen-bond acceptors (Lipinski definition) is 3. The Balaban J connectivity index is 2.27. The number of nitrogens with two attached hydrogens (primary N) is 1. The van der Waals surface area contributed by atoms with Crippen molar-refractivity contribution in [1.29, 1.82) is 0 Å². The second-order valence-electron chi connectivity index (χ2n) is 4.85. The minimum Gasteiger partial charge on any atom is -0.271 e. The predicted octanol–water partition coefficient (Wildman–Crippen LogP) is 4.17. The van der Waals surface area contributed by atoms with Gasteiger partial charge in [0, 0.05) is 6.20 Å². The molecule has 0 aromatic carbocycles. The van der Waals surface area contributed by atoms with E-state index in [1.54, 1.807) is 12.3 Å². The Morgan fingerprint density at radius 3 is 2.74 bits per heavy atom. The normalized spacial score (nSPS) is 18.4. The molecule has 0 radical (unpaired) electrons. The first-order chi connectivity index (χ1) is 9.22. The van der Waals surface area contributed by atoms with E-state index in [0.29, 0.717) is 10.0 Å². The van der Waals surface area contributed by atoms with Crippen molar-refractivity contribution in [3.8, 4) is 0 Å². The number of aromatic nitrogens is 1. The van der Waals surface area contributed by atoms with Crippen LogP contribution < -0.4 is 11.3 Å². The second kappa shape index (κ2) is 7.25. The molecule has 0 bridgehead atoms. The number of nitrogens with zero attached hydrogens (tertiary/aromatic N) is 1. The number of hydrazine groups is 1. The number of nitrogens with one attached hydrogen (secondary N) is 1. The Kier molecular flexibility index (Phi) is 5.64. The predicted molar refractivity (Wildman–Crippen MR) is 80.1 cm³/mol. The maximum absolute atomic E-state index is 6.23. The molecule has 3 N–H and O–H groups in total. The van der Waals surface area contributed by atoms with Gasteiger partial charge in [-0.3, -0.25) is 10.8 Å². The van der Waals surface area contributed by atoms with Crippen LogP contribution in [0.15, 0.2) is 23.9 Å². The van der Waals surface area contributed by atoms with E-state index in [9.17, 15) is 0 Å². The van der Waals surface area contributed by atoms with Gasteiger partial charge in [0.05, 0.1) is 21.8 Å². The van der Waals surface area contributed by atoms with E-state index in [1.165, 1.54) is 31.3 Å². The van der Waals surface area contributed by atoms with E-state index in [0.717, 1.165) is 18.5 Å². The van der Waals surface area contributed by atoms with Crippen LogP contribution in [0, 0.1) is 0 Å². The molecule has 0 spiro atoms. The van der Waals surface area contributed by atoms with Gasteiger partial charge in [-0.25, -0.2) is 5.43 Å². The largest absolute Gasteiger partial charge is 0.271 e. The van der Waals surface area contributed by atoms with Crippen LogP contribution in [0.4, 0.5) is 0 Å². The van der Waals surface area contributed by atoms with Gasteiger partial charge < -0.3 is 0 Å². The maximum atomic E-state index is 6.23. The van der Waals surface area contributed by atoms with E-state index in [4.69, 9.17) is 29.0 Å². The summed E-state index contributed by atoms with van der Waals surface area (Å²) in [5.41, 5.74) is 4.87. The van der Waals surface area contributed by atoms with Crippen LogP contribution in [-0.4, -0.2) is 4.98 Å². The van der Waals surface area contributed by atoms with Crippen LogP contribution >= 0.6 is 23.2 Å². The first kappa shape index (κ1) is 14.8. The molecule has 2 rings (SSSR count). The van der Waals surface area contributed by atoms with E-state index in [2.05, 4.69) is 16.5 Å². The van der Waals surface area contributed by atoms with Crippen molar-refractivity contribution in [2.45, 2.75) is 44.6 Å². The highest BCUT2D eigenvalue weighted by Crippen LogP contribution is 2.31. The van der Waals surface area contributed by atoms with E-state index >= 15 is 0 Å². The Morgan fingerprint density at radius 1 is 1.21 bits per heavy atom. The molecule has 1 aliphatic carbocycles. The quantitative estimate of drug-likeness (QED) is 0.500. The van der Waals surface area contributed by atoms with E-state index in [-0.39, 0.29) is 6.04 Å². The topological polar surface area (TPSA) is 50.9 Å². The average molecular weight is 300 g/mol. The highest BCUT2D eigenvalue weighted by molar-refractivity contribution is 6.34. The molecule has 1 atom stereocenters. The van der Waals surface area contributed by atoms with Crippen molar-refractivity contribution in [2.24, 2.45) is 5.84 Å². The van der Waals surface area contributed by atoms with Gasteiger partial charge in [0.15, 0.2) is 0 Å². The van der Waals surface area contributed by atoms with Crippen LogP contribution in [0.25, 0.3) is 0 Å². The van der Waals surface area contributed by atoms with Crippen LogP contribution in [-0.2, 0) is 0 Å². The third kappa shape index (κ3) is 3.93. The summed E-state index contributed by atoms with van der Waals surface area (Å²) in [5.74, 6) is 5.71. The van der Waals surface area contributed by atoms with Gasteiger partial charge in [-0.15, -0.1) is 0 Å². The molecule has 0 amide bonds. The molecular weight excluding hydrogens is 281 g/mol. The number of rotatable bonds is 3. The van der Waals surface area contributed by atoms with Gasteiger partial charge in [0.1, 0.15) is 0 Å². The molecule has 1 heterocycles. The molecule has 5 heteroatoms. The summed E-state index contributed by atoms with van der Waals surface area (Å²) in [6.07, 6.45) is 11.0. The van der Waals surface area contributed by atoms with Gasteiger partial charge in [0.2, 0.25) is 0 Å². The number of hydrogen-bond donors (Lipinski definition) is 2. The fraction of sp³-hybridized carbons (Fsp3) is 0.500. The van der Waals surface area contributed by atoms with Crippen molar-refractivity contribution in [3.63, 3.8) is 0 Å². The summed E-state index contributed by atoms with van der Waals surface area (Å²) in [6.45, 7) is 0. The average Bonchev–Trinajstić information content (AvgIpc) is 2.34. The molecule has 104 valence electrons. The van der Waals surface area contributed by atoms with Crippen LogP contribution in [0.5, 0.6) is 0 Å². The Morgan fingerprint density at radius 2 is 2.00 bits per heavy atom. The van der Waals surface area contributed by atoms with Crippen molar-refractivity contribution in [1.82, 2.24) is 10.4 Å². The third-order valence-electron chi connectivity index (χ3n) is 3.47. The van der Waals surface area contributed by atoms with Crippen molar-refractivity contribution >= 4 is 23.2 Å². The number of pyridine rings is 1. The highest BCUT2D eigenvalue weighted by atomic mass is 35.5. The van der Waals surface area contributed by atoms with Gasteiger partial charge >= 0.3 is 0 Å². The summed E-state index contributed by atoms with van der Waals surface area (Å²) >= 11 is 12.1. The molecule has 0 fully saturated rings. The van der Waals surface area contributed by atoms with Crippen molar-refractivity contribution in [2.75, 3.05) is 0 Å². The summed E-state index contributed by atoms with van der Waals surface area (Å²) in [5, 5.41) is 1.09. The number of halogens is 2. The molecule has 1 unspecified atom stereocenters. The lowest BCUT2D eigenvalue weighted by atomic mass is 9.93. The molecule has 1 aliphatic rings. The van der Waals surface area contributed by atoms with Crippen LogP contribution in [0.2, 0.25) is 10.0 Å². The molecular formula is C14H19Cl2N3. The zero-order valence-electron chi connectivity index (χ0n) is 10.8. The monoisotopic (exact) mass is 299 g/mol. The number of allylic oxidation sites excluding steroid dienone is 1. The maximum Gasteiger partial charge on any atom is 0.0856 e. The highest BCUT2D eigenvalue weighted by Gasteiger charge is 2.20. The van der Waals surface area contributed by atoms with E-state index in [1.807, 2.05) is 0 Å². The third-order valence-corrected chi connectivity index (χ3v) is 3.98. The Labute approximate surface area is 124 Å². The summed E-state index contributed by atoms with van der Waals surface area (Å²) in [4.78, 5) is 4.33. The van der Waals surface area contributed by atoms with Crippen LogP contribution in [0.1, 0.15) is 50.3 Å². The van der Waals surface area contributed by atoms with Crippen molar-refractivity contribution in [3.05, 3.63) is 39.7 Å². The SMILES string of the molecule is NNC(C1=CCCCCCC1)c1ncc(Cl)cc1Cl. The first-order valence-corrected chi connectivity index (χ1v) is 7.44. The first-order valence-electron chi connectivity index (χ1n) is 6.68. The van der Waals surface area contributed by atoms with E-state index < -0.39 is 0 Å². The van der Waals surface area contributed by atoms with Crippen LogP contribution in [0.3, 0.4) is 0 Å². The molecule has 1 aromatic rings. The standard InChI is InChI=1S/C14H19Cl2N3/c15-11-8-12(16)14(18-9-11)13(19-17)10-6-4-2-1-3-5-7-10/h6,8-9,13,19H,1-5,7,17H2. The van der Waals surface area contributed by atoms with Gasteiger partial charge in [0.25, 0.3) is 0 Å².